The SMILES string of the molecule is CC(=O)NCCc1ccc(C(=O)[C@@H](C)OC(=O)COc2ccccc2C(N)=O)cc1. The van der Waals surface area contributed by atoms with Crippen LogP contribution in [0.5, 0.6) is 5.75 Å². The van der Waals surface area contributed by atoms with Gasteiger partial charge in [0.1, 0.15) is 5.75 Å². The van der Waals surface area contributed by atoms with Gasteiger partial charge in [-0.1, -0.05) is 36.4 Å². The molecule has 1 atom stereocenters. The largest absolute Gasteiger partial charge is 0.481 e. The number of para-hydroxylation sites is 1. The number of nitrogens with one attached hydrogen (secondary N) is 1. The first-order chi connectivity index (χ1) is 14.3. The lowest BCUT2D eigenvalue weighted by Crippen LogP contribution is -2.27. The van der Waals surface area contributed by atoms with Crippen LogP contribution in [-0.4, -0.2) is 42.8 Å². The van der Waals surface area contributed by atoms with Gasteiger partial charge in [-0.05, 0) is 31.0 Å². The van der Waals surface area contributed by atoms with Crippen molar-refractivity contribution in [2.45, 2.75) is 26.4 Å². The van der Waals surface area contributed by atoms with Crippen LogP contribution < -0.4 is 15.8 Å². The van der Waals surface area contributed by atoms with Crippen molar-refractivity contribution < 1.29 is 28.7 Å². The van der Waals surface area contributed by atoms with E-state index in [2.05, 4.69) is 5.32 Å². The van der Waals surface area contributed by atoms with Crippen molar-refractivity contribution >= 4 is 23.6 Å². The summed E-state index contributed by atoms with van der Waals surface area (Å²) in [5.74, 6) is -1.71. The molecule has 0 unspecified atom stereocenters. The van der Waals surface area contributed by atoms with E-state index in [0.717, 1.165) is 5.56 Å². The molecule has 0 aromatic heterocycles. The van der Waals surface area contributed by atoms with Crippen molar-refractivity contribution in [3.63, 3.8) is 0 Å². The molecule has 3 N–H and O–H groups in total. The number of benzene rings is 2. The first-order valence-electron chi connectivity index (χ1n) is 9.36. The molecule has 0 bridgehead atoms. The van der Waals surface area contributed by atoms with Gasteiger partial charge in [0, 0.05) is 19.0 Å². The van der Waals surface area contributed by atoms with E-state index in [9.17, 15) is 19.2 Å². The summed E-state index contributed by atoms with van der Waals surface area (Å²) in [6.45, 7) is 2.97. The van der Waals surface area contributed by atoms with Crippen LogP contribution in [0.25, 0.3) is 0 Å². The number of ketones is 1. The number of ether oxygens (including phenoxy) is 2. The third-order valence-electron chi connectivity index (χ3n) is 4.20. The molecule has 0 radical (unpaired) electrons. The van der Waals surface area contributed by atoms with Crippen LogP contribution in [-0.2, 0) is 20.7 Å². The van der Waals surface area contributed by atoms with E-state index < -0.39 is 24.6 Å². The summed E-state index contributed by atoms with van der Waals surface area (Å²) in [6.07, 6.45) is -0.361. The molecule has 0 spiro atoms. The molecular formula is C22H24N2O6. The highest BCUT2D eigenvalue weighted by atomic mass is 16.6. The standard InChI is InChI=1S/C22H24N2O6/c1-14(21(27)17-9-7-16(8-10-17)11-12-24-15(2)25)30-20(26)13-29-19-6-4-3-5-18(19)22(23)28/h3-10,14H,11-13H2,1-2H3,(H2,23,28)(H,24,25)/t14-/m1/s1. The number of primary amides is 1. The molecule has 0 aliphatic heterocycles. The van der Waals surface area contributed by atoms with Crippen LogP contribution >= 0.6 is 0 Å². The number of amides is 2. The highest BCUT2D eigenvalue weighted by Crippen LogP contribution is 2.17. The lowest BCUT2D eigenvalue weighted by Gasteiger charge is -2.14. The summed E-state index contributed by atoms with van der Waals surface area (Å²) in [5, 5.41) is 2.70. The number of carbonyl (C=O) groups is 4. The maximum atomic E-state index is 12.5. The maximum absolute atomic E-state index is 12.5. The van der Waals surface area contributed by atoms with Crippen LogP contribution in [0.3, 0.4) is 0 Å². The fourth-order valence-corrected chi connectivity index (χ4v) is 2.67. The van der Waals surface area contributed by atoms with E-state index in [0.29, 0.717) is 18.5 Å². The van der Waals surface area contributed by atoms with Crippen molar-refractivity contribution in [1.29, 1.82) is 0 Å². The zero-order valence-corrected chi connectivity index (χ0v) is 16.8. The van der Waals surface area contributed by atoms with Crippen LogP contribution in [0, 0.1) is 0 Å². The number of carbonyl (C=O) groups excluding carboxylic acids is 4. The first kappa shape index (κ1) is 22.6. The summed E-state index contributed by atoms with van der Waals surface area (Å²) in [5.41, 5.74) is 6.77. The van der Waals surface area contributed by atoms with Crippen molar-refractivity contribution in [1.82, 2.24) is 5.32 Å². The normalized spacial score (nSPS) is 11.3. The molecular weight excluding hydrogens is 388 g/mol. The van der Waals surface area contributed by atoms with Gasteiger partial charge in [-0.2, -0.15) is 0 Å². The molecule has 2 rings (SSSR count). The summed E-state index contributed by atoms with van der Waals surface area (Å²) in [4.78, 5) is 46.7. The predicted octanol–water partition coefficient (Wildman–Crippen LogP) is 1.66. The quantitative estimate of drug-likeness (QED) is 0.452. The van der Waals surface area contributed by atoms with E-state index >= 15 is 0 Å². The second-order valence-corrected chi connectivity index (χ2v) is 6.58. The molecule has 8 nitrogen and oxygen atoms in total. The van der Waals surface area contributed by atoms with E-state index in [-0.39, 0.29) is 23.0 Å². The lowest BCUT2D eigenvalue weighted by molar-refractivity contribution is -0.148. The predicted molar refractivity (Wildman–Crippen MR) is 109 cm³/mol. The van der Waals surface area contributed by atoms with E-state index in [1.807, 2.05) is 0 Å². The second kappa shape index (κ2) is 10.8. The van der Waals surface area contributed by atoms with Gasteiger partial charge in [-0.15, -0.1) is 0 Å². The Morgan fingerprint density at radius 1 is 1.03 bits per heavy atom. The molecule has 8 heteroatoms. The third-order valence-corrected chi connectivity index (χ3v) is 4.20. The van der Waals surface area contributed by atoms with Gasteiger partial charge in [0.2, 0.25) is 11.7 Å². The molecule has 0 aliphatic carbocycles. The zero-order valence-electron chi connectivity index (χ0n) is 16.8. The summed E-state index contributed by atoms with van der Waals surface area (Å²) in [6, 6.07) is 13.1. The summed E-state index contributed by atoms with van der Waals surface area (Å²) < 4.78 is 10.4. The number of nitrogens with two attached hydrogens (primary N) is 1. The molecule has 30 heavy (non-hydrogen) atoms. The first-order valence-corrected chi connectivity index (χ1v) is 9.36. The van der Waals surface area contributed by atoms with Crippen LogP contribution in [0.15, 0.2) is 48.5 Å². The van der Waals surface area contributed by atoms with E-state index in [4.69, 9.17) is 15.2 Å². The minimum absolute atomic E-state index is 0.0977. The molecule has 158 valence electrons. The van der Waals surface area contributed by atoms with Crippen molar-refractivity contribution in [3.8, 4) is 5.75 Å². The van der Waals surface area contributed by atoms with Gasteiger partial charge < -0.3 is 20.5 Å². The number of hydrogen-bond donors (Lipinski definition) is 2. The Morgan fingerprint density at radius 3 is 2.33 bits per heavy atom. The van der Waals surface area contributed by atoms with Crippen LogP contribution in [0.2, 0.25) is 0 Å². The Bertz CT molecular complexity index is 923. The minimum atomic E-state index is -1.00. The second-order valence-electron chi connectivity index (χ2n) is 6.58. The fourth-order valence-electron chi connectivity index (χ4n) is 2.67. The summed E-state index contributed by atoms with van der Waals surface area (Å²) in [7, 11) is 0. The van der Waals surface area contributed by atoms with E-state index in [1.165, 1.54) is 26.0 Å². The molecule has 0 aliphatic rings. The van der Waals surface area contributed by atoms with Gasteiger partial charge in [-0.25, -0.2) is 4.79 Å². The number of rotatable bonds is 10. The molecule has 0 fully saturated rings. The molecule has 0 saturated carbocycles. The molecule has 2 aromatic carbocycles. The minimum Gasteiger partial charge on any atom is -0.481 e. The third kappa shape index (κ3) is 6.73. The number of esters is 1. The smallest absolute Gasteiger partial charge is 0.344 e. The topological polar surface area (TPSA) is 125 Å². The zero-order chi connectivity index (χ0) is 22.1. The van der Waals surface area contributed by atoms with Gasteiger partial charge >= 0.3 is 5.97 Å². The van der Waals surface area contributed by atoms with Crippen molar-refractivity contribution in [2.24, 2.45) is 5.73 Å². The molecule has 0 heterocycles. The van der Waals surface area contributed by atoms with Gasteiger partial charge in [0.25, 0.3) is 5.91 Å². The number of Topliss-reactive ketones (excluding diaryl/α,β-unsaturated/α-hetero) is 1. The Kier molecular flexibility index (Phi) is 8.10. The lowest BCUT2D eigenvalue weighted by atomic mass is 10.0. The Balaban J connectivity index is 1.87. The molecule has 0 saturated heterocycles. The fraction of sp³-hybridized carbons (Fsp3) is 0.273. The average molecular weight is 412 g/mol. The average Bonchev–Trinajstić information content (AvgIpc) is 2.72. The number of hydrogen-bond acceptors (Lipinski definition) is 6. The maximum Gasteiger partial charge on any atom is 0.344 e. The molecule has 2 amide bonds. The van der Waals surface area contributed by atoms with Crippen LogP contribution in [0.4, 0.5) is 0 Å². The Labute approximate surface area is 174 Å². The van der Waals surface area contributed by atoms with Gasteiger partial charge in [-0.3, -0.25) is 14.4 Å². The monoisotopic (exact) mass is 412 g/mol. The van der Waals surface area contributed by atoms with Gasteiger partial charge in [0.15, 0.2) is 12.7 Å². The highest BCUT2D eigenvalue weighted by Gasteiger charge is 2.20. The van der Waals surface area contributed by atoms with Crippen LogP contribution in [0.1, 0.15) is 40.1 Å². The van der Waals surface area contributed by atoms with Gasteiger partial charge in [0.05, 0.1) is 5.56 Å². The Morgan fingerprint density at radius 2 is 1.70 bits per heavy atom. The van der Waals surface area contributed by atoms with E-state index in [1.54, 1.807) is 36.4 Å². The Hall–Kier alpha value is -3.68. The summed E-state index contributed by atoms with van der Waals surface area (Å²) >= 11 is 0. The molecule has 2 aromatic rings. The highest BCUT2D eigenvalue weighted by molar-refractivity contribution is 6.00. The van der Waals surface area contributed by atoms with Crippen molar-refractivity contribution in [3.05, 3.63) is 65.2 Å². The van der Waals surface area contributed by atoms with Crippen molar-refractivity contribution in [2.75, 3.05) is 13.2 Å².